The molecule has 4 heteroatoms. The summed E-state index contributed by atoms with van der Waals surface area (Å²) in [6, 6.07) is 5.31. The SMILES string of the molecule is Nc1ccc2c(O)n(CCO)cc2c1. The molecule has 4 N–H and O–H groups in total. The smallest absolute Gasteiger partial charge is 0.199 e. The van der Waals surface area contributed by atoms with E-state index in [2.05, 4.69) is 0 Å². The Labute approximate surface area is 81.2 Å². The van der Waals surface area contributed by atoms with Gasteiger partial charge < -0.3 is 20.5 Å². The van der Waals surface area contributed by atoms with Crippen molar-refractivity contribution in [3.05, 3.63) is 24.4 Å². The zero-order chi connectivity index (χ0) is 10.1. The molecule has 0 aliphatic rings. The maximum atomic E-state index is 9.72. The molecule has 0 saturated carbocycles. The summed E-state index contributed by atoms with van der Waals surface area (Å²) in [5, 5.41) is 20.1. The van der Waals surface area contributed by atoms with Crippen LogP contribution in [0.5, 0.6) is 5.88 Å². The van der Waals surface area contributed by atoms with Gasteiger partial charge in [0, 0.05) is 29.2 Å². The Morgan fingerprint density at radius 1 is 1.36 bits per heavy atom. The fourth-order valence-electron chi connectivity index (χ4n) is 1.55. The zero-order valence-electron chi connectivity index (χ0n) is 7.64. The van der Waals surface area contributed by atoms with Gasteiger partial charge in [0.05, 0.1) is 6.61 Å². The fourth-order valence-corrected chi connectivity index (χ4v) is 1.55. The molecule has 0 radical (unpaired) electrons. The average molecular weight is 192 g/mol. The predicted molar refractivity (Wildman–Crippen MR) is 55.1 cm³/mol. The van der Waals surface area contributed by atoms with E-state index in [0.29, 0.717) is 12.2 Å². The molecule has 0 aliphatic heterocycles. The van der Waals surface area contributed by atoms with E-state index in [-0.39, 0.29) is 12.5 Å². The van der Waals surface area contributed by atoms with E-state index < -0.39 is 0 Å². The normalized spacial score (nSPS) is 10.9. The van der Waals surface area contributed by atoms with E-state index in [4.69, 9.17) is 10.8 Å². The van der Waals surface area contributed by atoms with Crippen LogP contribution in [0.15, 0.2) is 24.4 Å². The Bertz CT molecular complexity index is 462. The van der Waals surface area contributed by atoms with Crippen LogP contribution in [0.4, 0.5) is 5.69 Å². The van der Waals surface area contributed by atoms with Crippen LogP contribution in [0.2, 0.25) is 0 Å². The van der Waals surface area contributed by atoms with Crippen molar-refractivity contribution < 1.29 is 10.2 Å². The molecule has 0 unspecified atom stereocenters. The summed E-state index contributed by atoms with van der Waals surface area (Å²) < 4.78 is 1.60. The first-order chi connectivity index (χ1) is 6.72. The highest BCUT2D eigenvalue weighted by Crippen LogP contribution is 2.28. The summed E-state index contributed by atoms with van der Waals surface area (Å²) >= 11 is 0. The number of benzene rings is 1. The Morgan fingerprint density at radius 3 is 2.86 bits per heavy atom. The molecule has 2 rings (SSSR count). The number of nitrogens with zero attached hydrogens (tertiary/aromatic N) is 1. The minimum atomic E-state index is 0.00400. The lowest BCUT2D eigenvalue weighted by molar-refractivity contribution is 0.268. The van der Waals surface area contributed by atoms with Gasteiger partial charge in [-0.3, -0.25) is 0 Å². The van der Waals surface area contributed by atoms with Crippen molar-refractivity contribution in [3.63, 3.8) is 0 Å². The van der Waals surface area contributed by atoms with Crippen molar-refractivity contribution in [2.24, 2.45) is 0 Å². The maximum absolute atomic E-state index is 9.72. The van der Waals surface area contributed by atoms with Crippen LogP contribution < -0.4 is 5.73 Å². The third kappa shape index (κ3) is 1.29. The molecule has 14 heavy (non-hydrogen) atoms. The van der Waals surface area contributed by atoms with Crippen molar-refractivity contribution in [2.75, 3.05) is 12.3 Å². The van der Waals surface area contributed by atoms with Gasteiger partial charge in [0.15, 0.2) is 5.88 Å². The molecule has 1 aromatic heterocycles. The first-order valence-corrected chi connectivity index (χ1v) is 4.40. The van der Waals surface area contributed by atoms with Gasteiger partial charge in [-0.1, -0.05) is 0 Å². The van der Waals surface area contributed by atoms with Crippen LogP contribution in [0.1, 0.15) is 0 Å². The lowest BCUT2D eigenvalue weighted by atomic mass is 10.2. The molecule has 0 amide bonds. The molecule has 1 heterocycles. The Kier molecular flexibility index (Phi) is 2.05. The monoisotopic (exact) mass is 192 g/mol. The Hall–Kier alpha value is -1.68. The van der Waals surface area contributed by atoms with E-state index in [9.17, 15) is 5.11 Å². The molecule has 0 saturated heterocycles. The number of aromatic nitrogens is 1. The summed E-state index contributed by atoms with van der Waals surface area (Å²) in [6.07, 6.45) is 1.78. The van der Waals surface area contributed by atoms with Crippen molar-refractivity contribution in [1.29, 1.82) is 0 Å². The standard InChI is InChI=1S/C10H12N2O2/c11-8-1-2-9-7(5-8)6-12(3-4-13)10(9)14/h1-2,5-6,13-14H,3-4,11H2. The topological polar surface area (TPSA) is 71.4 Å². The minimum absolute atomic E-state index is 0.00400. The molecule has 0 atom stereocenters. The number of aromatic hydroxyl groups is 1. The first-order valence-electron chi connectivity index (χ1n) is 4.40. The summed E-state index contributed by atoms with van der Waals surface area (Å²) in [7, 11) is 0. The second kappa shape index (κ2) is 3.23. The Balaban J connectivity index is 2.61. The molecule has 0 spiro atoms. The maximum Gasteiger partial charge on any atom is 0.199 e. The van der Waals surface area contributed by atoms with E-state index in [1.54, 1.807) is 29.0 Å². The highest BCUT2D eigenvalue weighted by molar-refractivity contribution is 5.90. The number of nitrogens with two attached hydrogens (primary N) is 1. The first kappa shape index (κ1) is 8.90. The van der Waals surface area contributed by atoms with Gasteiger partial charge in [-0.15, -0.1) is 0 Å². The number of aliphatic hydroxyl groups is 1. The minimum Gasteiger partial charge on any atom is -0.494 e. The molecular formula is C10H12N2O2. The van der Waals surface area contributed by atoms with Gasteiger partial charge in [-0.25, -0.2) is 0 Å². The highest BCUT2D eigenvalue weighted by Gasteiger charge is 2.06. The third-order valence-corrected chi connectivity index (χ3v) is 2.22. The van der Waals surface area contributed by atoms with Crippen LogP contribution in [0, 0.1) is 0 Å². The fraction of sp³-hybridized carbons (Fsp3) is 0.200. The molecule has 4 nitrogen and oxygen atoms in total. The third-order valence-electron chi connectivity index (χ3n) is 2.22. The van der Waals surface area contributed by atoms with E-state index in [1.165, 1.54) is 0 Å². The van der Waals surface area contributed by atoms with Crippen LogP contribution in [0.25, 0.3) is 10.8 Å². The van der Waals surface area contributed by atoms with Gasteiger partial charge in [-0.05, 0) is 18.2 Å². The molecule has 2 aromatic rings. The van der Waals surface area contributed by atoms with Gasteiger partial charge >= 0.3 is 0 Å². The number of hydrogen-bond donors (Lipinski definition) is 3. The van der Waals surface area contributed by atoms with Crippen LogP contribution in [-0.4, -0.2) is 21.4 Å². The summed E-state index contributed by atoms with van der Waals surface area (Å²) in [4.78, 5) is 0. The van der Waals surface area contributed by atoms with Crippen LogP contribution in [0.3, 0.4) is 0 Å². The van der Waals surface area contributed by atoms with Crippen molar-refractivity contribution in [3.8, 4) is 5.88 Å². The van der Waals surface area contributed by atoms with Crippen LogP contribution in [-0.2, 0) is 6.54 Å². The molecule has 74 valence electrons. The van der Waals surface area contributed by atoms with E-state index in [1.807, 2.05) is 0 Å². The highest BCUT2D eigenvalue weighted by atomic mass is 16.3. The number of anilines is 1. The lowest BCUT2D eigenvalue weighted by Crippen LogP contribution is -1.98. The molecule has 0 fully saturated rings. The number of rotatable bonds is 2. The molecule has 1 aromatic carbocycles. The Morgan fingerprint density at radius 2 is 2.14 bits per heavy atom. The zero-order valence-corrected chi connectivity index (χ0v) is 7.64. The van der Waals surface area contributed by atoms with Crippen molar-refractivity contribution in [1.82, 2.24) is 4.57 Å². The largest absolute Gasteiger partial charge is 0.494 e. The average Bonchev–Trinajstić information content (AvgIpc) is 2.44. The predicted octanol–water partition coefficient (Wildman–Crippen LogP) is 0.921. The summed E-state index contributed by atoms with van der Waals surface area (Å²) in [5.41, 5.74) is 6.28. The van der Waals surface area contributed by atoms with Crippen LogP contribution >= 0.6 is 0 Å². The number of fused-ring (bicyclic) bond motifs is 1. The van der Waals surface area contributed by atoms with Gasteiger partial charge in [0.1, 0.15) is 0 Å². The number of aliphatic hydroxyl groups excluding tert-OH is 1. The van der Waals surface area contributed by atoms with Gasteiger partial charge in [0.2, 0.25) is 0 Å². The quantitative estimate of drug-likeness (QED) is 0.619. The van der Waals surface area contributed by atoms with E-state index in [0.717, 1.165) is 10.8 Å². The van der Waals surface area contributed by atoms with Crippen molar-refractivity contribution in [2.45, 2.75) is 6.54 Å². The number of hydrogen-bond acceptors (Lipinski definition) is 3. The van der Waals surface area contributed by atoms with E-state index >= 15 is 0 Å². The van der Waals surface area contributed by atoms with Crippen molar-refractivity contribution >= 4 is 16.5 Å². The second-order valence-corrected chi connectivity index (χ2v) is 3.22. The van der Waals surface area contributed by atoms with Gasteiger partial charge in [-0.2, -0.15) is 0 Å². The second-order valence-electron chi connectivity index (χ2n) is 3.22. The molecular weight excluding hydrogens is 180 g/mol. The van der Waals surface area contributed by atoms with Gasteiger partial charge in [0.25, 0.3) is 0 Å². The lowest BCUT2D eigenvalue weighted by Gasteiger charge is -1.99. The summed E-state index contributed by atoms with van der Waals surface area (Å²) in [5.74, 6) is 0.175. The molecule has 0 aliphatic carbocycles. The summed E-state index contributed by atoms with van der Waals surface area (Å²) in [6.45, 7) is 0.393. The number of nitrogen functional groups attached to an aromatic ring is 1. The molecule has 0 bridgehead atoms.